The average Bonchev–Trinajstić information content (AvgIpc) is 3.47. The molecule has 2 aliphatic rings. The third kappa shape index (κ3) is 8.39. The van der Waals surface area contributed by atoms with Crippen LogP contribution in [0, 0.1) is 12.8 Å². The fraction of sp³-hybridized carbons (Fsp3) is 0.357. The molecule has 3 aromatic carbocycles. The molecular formula is C42H50N4O5. The number of hydrogen-bond acceptors (Lipinski definition) is 7. The standard InChI is InChI=1S/C42H50N4O5/c1-29-11-9-14-32(23-29)25-34-27-44(26-31-12-7-6-8-13-31)21-22-45(34)41(47)36-24-30(2)46(37-15-10-16-38(49-4)40(37)50-5)39(36)33-17-19-35(20-18-33)51-28-42(3,43)48/h6-10,12-20,23-24,29,34,48H,11,21-22,25-28,43H2,1-5H3/t29?,34-,42?/m1/s1. The normalized spacial score (nSPS) is 19.0. The van der Waals surface area contributed by atoms with Crippen molar-refractivity contribution in [3.8, 4) is 34.2 Å². The Balaban J connectivity index is 1.41. The SMILES string of the molecule is COc1cccc(-n2c(C)cc(C(=O)N3CCN(Cc4ccccc4)C[C@H]3CC3=CC(C)CC=C3)c2-c2ccc(OCC(C)(N)O)cc2)c1OC. The first-order valence-corrected chi connectivity index (χ1v) is 17.7. The zero-order valence-electron chi connectivity index (χ0n) is 30.3. The summed E-state index contributed by atoms with van der Waals surface area (Å²) in [6, 6.07) is 25.8. The highest BCUT2D eigenvalue weighted by molar-refractivity contribution is 6.01. The molecule has 1 amide bonds. The molecule has 0 bridgehead atoms. The number of aryl methyl sites for hydroxylation is 1. The van der Waals surface area contributed by atoms with Gasteiger partial charge in [-0.25, -0.2) is 0 Å². The molecule has 3 N–H and O–H groups in total. The van der Waals surface area contributed by atoms with E-state index >= 15 is 4.79 Å². The fourth-order valence-electron chi connectivity index (χ4n) is 7.21. The number of benzene rings is 3. The molecule has 1 fully saturated rings. The topological polar surface area (TPSA) is 102 Å². The number of amides is 1. The number of aliphatic hydroxyl groups is 1. The van der Waals surface area contributed by atoms with Crippen molar-refractivity contribution >= 4 is 5.91 Å². The van der Waals surface area contributed by atoms with Gasteiger partial charge in [0.2, 0.25) is 0 Å². The van der Waals surface area contributed by atoms with Crippen LogP contribution < -0.4 is 19.9 Å². The van der Waals surface area contributed by atoms with E-state index in [9.17, 15) is 5.11 Å². The number of para-hydroxylation sites is 1. The molecule has 0 saturated carbocycles. The van der Waals surface area contributed by atoms with Crippen LogP contribution in [0.4, 0.5) is 0 Å². The van der Waals surface area contributed by atoms with Gasteiger partial charge in [-0.05, 0) is 91.8 Å². The Kier molecular flexibility index (Phi) is 11.0. The number of allylic oxidation sites excluding steroid dienone is 3. The van der Waals surface area contributed by atoms with E-state index in [2.05, 4.69) is 63.8 Å². The van der Waals surface area contributed by atoms with Crippen LogP contribution in [0.15, 0.2) is 103 Å². The highest BCUT2D eigenvalue weighted by Gasteiger charge is 2.34. The summed E-state index contributed by atoms with van der Waals surface area (Å²) in [5.41, 5.74) is 10.7. The second-order valence-corrected chi connectivity index (χ2v) is 14.0. The van der Waals surface area contributed by atoms with E-state index in [-0.39, 0.29) is 18.6 Å². The summed E-state index contributed by atoms with van der Waals surface area (Å²) in [5.74, 6) is 2.19. The van der Waals surface area contributed by atoms with Crippen LogP contribution in [0.3, 0.4) is 0 Å². The molecule has 2 heterocycles. The Bertz CT molecular complexity index is 1870. The van der Waals surface area contributed by atoms with Crippen LogP contribution in [-0.2, 0) is 6.54 Å². The van der Waals surface area contributed by atoms with Crippen molar-refractivity contribution in [3.05, 3.63) is 119 Å². The fourth-order valence-corrected chi connectivity index (χ4v) is 7.21. The van der Waals surface area contributed by atoms with Gasteiger partial charge in [-0.1, -0.05) is 61.5 Å². The van der Waals surface area contributed by atoms with Gasteiger partial charge >= 0.3 is 0 Å². The molecule has 1 saturated heterocycles. The van der Waals surface area contributed by atoms with Crippen molar-refractivity contribution in [2.24, 2.45) is 11.7 Å². The third-order valence-corrected chi connectivity index (χ3v) is 9.58. The van der Waals surface area contributed by atoms with Crippen LogP contribution in [0.2, 0.25) is 0 Å². The molecule has 0 radical (unpaired) electrons. The lowest BCUT2D eigenvalue weighted by molar-refractivity contribution is 0.0174. The van der Waals surface area contributed by atoms with Gasteiger partial charge < -0.3 is 34.5 Å². The van der Waals surface area contributed by atoms with E-state index in [0.717, 1.165) is 55.1 Å². The minimum atomic E-state index is -1.46. The Morgan fingerprint density at radius 3 is 2.45 bits per heavy atom. The second-order valence-electron chi connectivity index (χ2n) is 14.0. The van der Waals surface area contributed by atoms with Gasteiger partial charge in [0, 0.05) is 37.9 Å². The molecule has 2 unspecified atom stereocenters. The Morgan fingerprint density at radius 1 is 1.00 bits per heavy atom. The summed E-state index contributed by atoms with van der Waals surface area (Å²) < 4.78 is 19.4. The monoisotopic (exact) mass is 690 g/mol. The minimum Gasteiger partial charge on any atom is -0.493 e. The van der Waals surface area contributed by atoms with Crippen LogP contribution in [-0.4, -0.2) is 77.6 Å². The molecule has 1 aromatic heterocycles. The van der Waals surface area contributed by atoms with Gasteiger partial charge in [0.05, 0.1) is 31.2 Å². The van der Waals surface area contributed by atoms with Crippen molar-refractivity contribution in [2.45, 2.75) is 51.9 Å². The Morgan fingerprint density at radius 2 is 1.76 bits per heavy atom. The number of aromatic nitrogens is 1. The van der Waals surface area contributed by atoms with Crippen molar-refractivity contribution in [1.82, 2.24) is 14.4 Å². The van der Waals surface area contributed by atoms with E-state index in [1.165, 1.54) is 18.1 Å². The molecule has 0 spiro atoms. The lowest BCUT2D eigenvalue weighted by Gasteiger charge is -2.42. The molecule has 6 rings (SSSR count). The van der Waals surface area contributed by atoms with Gasteiger partial charge in [-0.2, -0.15) is 0 Å². The Labute approximate surface area is 301 Å². The minimum absolute atomic E-state index is 0.00832. The Hall–Kier alpha value is -4.83. The molecule has 3 atom stereocenters. The van der Waals surface area contributed by atoms with E-state index in [1.807, 2.05) is 61.5 Å². The molecule has 9 nitrogen and oxygen atoms in total. The quantitative estimate of drug-likeness (QED) is 0.159. The average molecular weight is 691 g/mol. The number of rotatable bonds is 12. The largest absolute Gasteiger partial charge is 0.493 e. The van der Waals surface area contributed by atoms with Gasteiger partial charge in [0.1, 0.15) is 18.1 Å². The number of ether oxygens (including phenoxy) is 3. The summed E-state index contributed by atoms with van der Waals surface area (Å²) in [6.45, 7) is 8.69. The predicted octanol–water partition coefficient (Wildman–Crippen LogP) is 6.76. The third-order valence-electron chi connectivity index (χ3n) is 9.58. The number of carbonyl (C=O) groups excluding carboxylic acids is 1. The van der Waals surface area contributed by atoms with Crippen LogP contribution in [0.25, 0.3) is 16.9 Å². The van der Waals surface area contributed by atoms with Crippen LogP contribution >= 0.6 is 0 Å². The van der Waals surface area contributed by atoms with Crippen LogP contribution in [0.5, 0.6) is 17.2 Å². The van der Waals surface area contributed by atoms with Gasteiger partial charge in [-0.3, -0.25) is 9.69 Å². The van der Waals surface area contributed by atoms with Crippen molar-refractivity contribution in [1.29, 1.82) is 0 Å². The lowest BCUT2D eigenvalue weighted by Crippen LogP contribution is -2.55. The highest BCUT2D eigenvalue weighted by atomic mass is 16.5. The summed E-state index contributed by atoms with van der Waals surface area (Å²) >= 11 is 0. The molecule has 1 aliphatic heterocycles. The smallest absolute Gasteiger partial charge is 0.256 e. The number of methoxy groups -OCH3 is 2. The van der Waals surface area contributed by atoms with E-state index < -0.39 is 5.72 Å². The maximum atomic E-state index is 15.1. The first-order chi connectivity index (χ1) is 24.5. The van der Waals surface area contributed by atoms with Gasteiger partial charge in [0.15, 0.2) is 11.5 Å². The van der Waals surface area contributed by atoms with Crippen molar-refractivity contribution < 1.29 is 24.1 Å². The molecule has 4 aromatic rings. The zero-order chi connectivity index (χ0) is 36.1. The van der Waals surface area contributed by atoms with E-state index in [4.69, 9.17) is 19.9 Å². The molecule has 9 heteroatoms. The van der Waals surface area contributed by atoms with Crippen molar-refractivity contribution in [2.75, 3.05) is 40.5 Å². The predicted molar refractivity (Wildman–Crippen MR) is 202 cm³/mol. The first kappa shape index (κ1) is 36.0. The molecular weight excluding hydrogens is 640 g/mol. The summed E-state index contributed by atoms with van der Waals surface area (Å²) in [6.07, 6.45) is 8.66. The maximum absolute atomic E-state index is 15.1. The molecule has 268 valence electrons. The summed E-state index contributed by atoms with van der Waals surface area (Å²) in [4.78, 5) is 19.6. The van der Waals surface area contributed by atoms with Gasteiger partial charge in [-0.15, -0.1) is 0 Å². The number of hydrogen-bond donors (Lipinski definition) is 2. The molecule has 51 heavy (non-hydrogen) atoms. The highest BCUT2D eigenvalue weighted by Crippen LogP contribution is 2.40. The van der Waals surface area contributed by atoms with Gasteiger partial charge in [0.25, 0.3) is 5.91 Å². The number of carbonyl (C=O) groups is 1. The first-order valence-electron chi connectivity index (χ1n) is 17.7. The number of nitrogens with two attached hydrogens (primary N) is 1. The number of nitrogens with zero attached hydrogens (tertiary/aromatic N) is 3. The summed E-state index contributed by atoms with van der Waals surface area (Å²) in [5, 5.41) is 9.99. The summed E-state index contributed by atoms with van der Waals surface area (Å²) in [7, 11) is 3.24. The van der Waals surface area contributed by atoms with E-state index in [1.54, 1.807) is 14.2 Å². The van der Waals surface area contributed by atoms with E-state index in [0.29, 0.717) is 35.3 Å². The lowest BCUT2D eigenvalue weighted by atomic mass is 9.92. The maximum Gasteiger partial charge on any atom is 0.256 e. The molecule has 1 aliphatic carbocycles. The second kappa shape index (κ2) is 15.6. The van der Waals surface area contributed by atoms with Crippen molar-refractivity contribution in [3.63, 3.8) is 0 Å². The zero-order valence-corrected chi connectivity index (χ0v) is 30.3. The number of piperazine rings is 1. The van der Waals surface area contributed by atoms with Crippen LogP contribution in [0.1, 0.15) is 48.3 Å².